The summed E-state index contributed by atoms with van der Waals surface area (Å²) < 4.78 is 5.86. The molecule has 2 N–H and O–H groups in total. The number of aromatic hydroxyl groups is 1. The average Bonchev–Trinajstić information content (AvgIpc) is 2.68. The molecule has 0 aromatic heterocycles. The SMILES string of the molecule is COc1cc(CNC2CCCCCC2)cc(Br)c1O. The Hall–Kier alpha value is -0.740. The van der Waals surface area contributed by atoms with Crippen LogP contribution in [0.3, 0.4) is 0 Å². The number of hydrogen-bond donors (Lipinski definition) is 2. The van der Waals surface area contributed by atoms with E-state index in [0.717, 1.165) is 12.1 Å². The number of phenolic OH excluding ortho intramolecular Hbond substituents is 1. The minimum absolute atomic E-state index is 0.167. The molecule has 0 spiro atoms. The Morgan fingerprint density at radius 3 is 2.58 bits per heavy atom. The summed E-state index contributed by atoms with van der Waals surface area (Å²) in [6.07, 6.45) is 7.96. The van der Waals surface area contributed by atoms with Crippen molar-refractivity contribution in [1.29, 1.82) is 0 Å². The molecule has 3 nitrogen and oxygen atoms in total. The fourth-order valence-electron chi connectivity index (χ4n) is 2.63. The van der Waals surface area contributed by atoms with Gasteiger partial charge in [-0.3, -0.25) is 0 Å². The first-order valence-electron chi connectivity index (χ1n) is 6.99. The molecule has 1 aliphatic rings. The van der Waals surface area contributed by atoms with Crippen LogP contribution in [0.4, 0.5) is 0 Å². The number of methoxy groups -OCH3 is 1. The Morgan fingerprint density at radius 2 is 1.95 bits per heavy atom. The minimum atomic E-state index is 0.167. The van der Waals surface area contributed by atoms with Crippen LogP contribution in [0, 0.1) is 0 Å². The van der Waals surface area contributed by atoms with Crippen LogP contribution in [0.15, 0.2) is 16.6 Å². The third-order valence-electron chi connectivity index (χ3n) is 3.76. The highest BCUT2D eigenvalue weighted by molar-refractivity contribution is 9.10. The molecule has 0 heterocycles. The van der Waals surface area contributed by atoms with Crippen molar-refractivity contribution in [2.45, 2.75) is 51.1 Å². The first-order valence-corrected chi connectivity index (χ1v) is 7.78. The van der Waals surface area contributed by atoms with Crippen LogP contribution in [0.5, 0.6) is 11.5 Å². The lowest BCUT2D eigenvalue weighted by Crippen LogP contribution is -2.27. The van der Waals surface area contributed by atoms with Crippen LogP contribution in [0.1, 0.15) is 44.1 Å². The highest BCUT2D eigenvalue weighted by Crippen LogP contribution is 2.35. The maximum Gasteiger partial charge on any atom is 0.172 e. The summed E-state index contributed by atoms with van der Waals surface area (Å²) in [6.45, 7) is 0.819. The van der Waals surface area contributed by atoms with E-state index >= 15 is 0 Å². The molecule has 106 valence electrons. The molecule has 1 aliphatic carbocycles. The second-order valence-electron chi connectivity index (χ2n) is 5.20. The van der Waals surface area contributed by atoms with Crippen LogP contribution in [-0.2, 0) is 6.54 Å². The van der Waals surface area contributed by atoms with E-state index in [0.29, 0.717) is 16.3 Å². The standard InChI is InChI=1S/C15H22BrNO2/c1-19-14-9-11(8-13(16)15(14)18)10-17-12-6-4-2-3-5-7-12/h8-9,12,17-18H,2-7,10H2,1H3. The monoisotopic (exact) mass is 327 g/mol. The Morgan fingerprint density at radius 1 is 1.26 bits per heavy atom. The van der Waals surface area contributed by atoms with Gasteiger partial charge in [0.15, 0.2) is 11.5 Å². The molecule has 0 atom stereocenters. The zero-order chi connectivity index (χ0) is 13.7. The molecule has 1 aromatic carbocycles. The van der Waals surface area contributed by atoms with E-state index in [1.54, 1.807) is 7.11 Å². The van der Waals surface area contributed by atoms with Crippen LogP contribution in [0.2, 0.25) is 0 Å². The molecular formula is C15H22BrNO2. The second-order valence-corrected chi connectivity index (χ2v) is 6.05. The van der Waals surface area contributed by atoms with Crippen molar-refractivity contribution in [2.75, 3.05) is 7.11 Å². The number of benzene rings is 1. The topological polar surface area (TPSA) is 41.5 Å². The molecule has 0 aliphatic heterocycles. The van der Waals surface area contributed by atoms with E-state index in [9.17, 15) is 5.11 Å². The molecule has 1 saturated carbocycles. The maximum absolute atomic E-state index is 9.78. The van der Waals surface area contributed by atoms with Gasteiger partial charge in [-0.25, -0.2) is 0 Å². The van der Waals surface area contributed by atoms with E-state index in [1.165, 1.54) is 38.5 Å². The fraction of sp³-hybridized carbons (Fsp3) is 0.600. The molecule has 0 saturated heterocycles. The van der Waals surface area contributed by atoms with E-state index in [2.05, 4.69) is 21.2 Å². The zero-order valence-corrected chi connectivity index (χ0v) is 13.0. The Labute approximate surface area is 123 Å². The smallest absolute Gasteiger partial charge is 0.172 e. The van der Waals surface area contributed by atoms with E-state index in [1.807, 2.05) is 12.1 Å². The molecule has 0 bridgehead atoms. The molecule has 1 fully saturated rings. The maximum atomic E-state index is 9.78. The highest BCUT2D eigenvalue weighted by atomic mass is 79.9. The summed E-state index contributed by atoms with van der Waals surface area (Å²) in [6, 6.07) is 4.46. The van der Waals surface area contributed by atoms with Crippen molar-refractivity contribution >= 4 is 15.9 Å². The van der Waals surface area contributed by atoms with Crippen molar-refractivity contribution in [2.24, 2.45) is 0 Å². The second kappa shape index (κ2) is 7.15. The summed E-state index contributed by atoms with van der Waals surface area (Å²) in [4.78, 5) is 0. The highest BCUT2D eigenvalue weighted by Gasteiger charge is 2.13. The largest absolute Gasteiger partial charge is 0.503 e. The number of nitrogens with one attached hydrogen (secondary N) is 1. The molecule has 19 heavy (non-hydrogen) atoms. The van der Waals surface area contributed by atoms with Gasteiger partial charge in [-0.1, -0.05) is 25.7 Å². The third-order valence-corrected chi connectivity index (χ3v) is 4.36. The molecule has 2 rings (SSSR count). The van der Waals surface area contributed by atoms with Gasteiger partial charge in [-0.05, 0) is 46.5 Å². The van der Waals surface area contributed by atoms with Crippen LogP contribution in [0.25, 0.3) is 0 Å². The van der Waals surface area contributed by atoms with Gasteiger partial charge in [0.2, 0.25) is 0 Å². The van der Waals surface area contributed by atoms with Crippen LogP contribution >= 0.6 is 15.9 Å². The van der Waals surface area contributed by atoms with Crippen molar-refractivity contribution in [3.05, 3.63) is 22.2 Å². The minimum Gasteiger partial charge on any atom is -0.503 e. The van der Waals surface area contributed by atoms with Crippen molar-refractivity contribution in [3.8, 4) is 11.5 Å². The molecule has 0 amide bonds. The number of ether oxygens (including phenoxy) is 1. The number of rotatable bonds is 4. The third kappa shape index (κ3) is 4.11. The van der Waals surface area contributed by atoms with Gasteiger partial charge in [0.1, 0.15) is 0 Å². The lowest BCUT2D eigenvalue weighted by Gasteiger charge is -2.17. The van der Waals surface area contributed by atoms with Crippen molar-refractivity contribution in [1.82, 2.24) is 5.32 Å². The first-order chi connectivity index (χ1) is 9.20. The molecule has 1 aromatic rings. The Bertz CT molecular complexity index is 415. The normalized spacial score (nSPS) is 17.2. The average molecular weight is 328 g/mol. The van der Waals surface area contributed by atoms with Gasteiger partial charge in [0.05, 0.1) is 11.6 Å². The van der Waals surface area contributed by atoms with Crippen molar-refractivity contribution < 1.29 is 9.84 Å². The van der Waals surface area contributed by atoms with Crippen LogP contribution < -0.4 is 10.1 Å². The zero-order valence-electron chi connectivity index (χ0n) is 11.4. The van der Waals surface area contributed by atoms with Gasteiger partial charge in [-0.15, -0.1) is 0 Å². The molecule has 4 heteroatoms. The Kier molecular flexibility index (Phi) is 5.52. The van der Waals surface area contributed by atoms with Gasteiger partial charge in [0.25, 0.3) is 0 Å². The Balaban J connectivity index is 1.96. The van der Waals surface area contributed by atoms with E-state index in [-0.39, 0.29) is 5.75 Å². The fourth-order valence-corrected chi connectivity index (χ4v) is 3.12. The van der Waals surface area contributed by atoms with Gasteiger partial charge in [0, 0.05) is 12.6 Å². The van der Waals surface area contributed by atoms with Crippen molar-refractivity contribution in [3.63, 3.8) is 0 Å². The summed E-state index contributed by atoms with van der Waals surface area (Å²) in [5, 5.41) is 13.4. The van der Waals surface area contributed by atoms with Crippen LogP contribution in [-0.4, -0.2) is 18.3 Å². The first kappa shape index (κ1) is 14.7. The molecule has 0 radical (unpaired) electrons. The predicted octanol–water partition coefficient (Wildman–Crippen LogP) is 3.98. The van der Waals surface area contributed by atoms with E-state index in [4.69, 9.17) is 4.74 Å². The summed E-state index contributed by atoms with van der Waals surface area (Å²) in [5.74, 6) is 0.688. The summed E-state index contributed by atoms with van der Waals surface area (Å²) in [7, 11) is 1.57. The quantitative estimate of drug-likeness (QED) is 0.822. The summed E-state index contributed by atoms with van der Waals surface area (Å²) in [5.41, 5.74) is 1.13. The number of phenols is 1. The summed E-state index contributed by atoms with van der Waals surface area (Å²) >= 11 is 3.36. The lowest BCUT2D eigenvalue weighted by atomic mass is 10.1. The van der Waals surface area contributed by atoms with Gasteiger partial charge >= 0.3 is 0 Å². The number of hydrogen-bond acceptors (Lipinski definition) is 3. The number of halogens is 1. The van der Waals surface area contributed by atoms with E-state index < -0.39 is 0 Å². The van der Waals surface area contributed by atoms with Gasteiger partial charge < -0.3 is 15.2 Å². The lowest BCUT2D eigenvalue weighted by molar-refractivity contribution is 0.370. The van der Waals surface area contributed by atoms with Gasteiger partial charge in [-0.2, -0.15) is 0 Å². The predicted molar refractivity (Wildman–Crippen MR) is 80.7 cm³/mol. The molecular weight excluding hydrogens is 306 g/mol. The molecule has 0 unspecified atom stereocenters.